The molecule has 1 fully saturated rings. The van der Waals surface area contributed by atoms with Gasteiger partial charge in [-0.1, -0.05) is 29.8 Å². The Bertz CT molecular complexity index is 774. The number of carbonyl (C=O) groups excluding carboxylic acids is 2. The number of nitrogens with one attached hydrogen (secondary N) is 2. The van der Waals surface area contributed by atoms with Crippen LogP contribution in [0.4, 0.5) is 16.2 Å². The average molecular weight is 387 g/mol. The Morgan fingerprint density at radius 1 is 0.963 bits per heavy atom. The molecule has 1 aliphatic heterocycles. The number of para-hydroxylation sites is 1. The molecule has 2 aromatic rings. The summed E-state index contributed by atoms with van der Waals surface area (Å²) in [5.41, 5.74) is 1.78. The van der Waals surface area contributed by atoms with Gasteiger partial charge in [-0.3, -0.25) is 4.79 Å². The van der Waals surface area contributed by atoms with Crippen LogP contribution < -0.4 is 15.5 Å². The van der Waals surface area contributed by atoms with E-state index in [2.05, 4.69) is 27.7 Å². The second kappa shape index (κ2) is 8.77. The topological polar surface area (TPSA) is 64.7 Å². The summed E-state index contributed by atoms with van der Waals surface area (Å²) in [6.07, 6.45) is 0. The fraction of sp³-hybridized carbons (Fsp3) is 0.300. The first-order valence-electron chi connectivity index (χ1n) is 8.95. The van der Waals surface area contributed by atoms with Crippen LogP contribution in [0.1, 0.15) is 6.92 Å². The van der Waals surface area contributed by atoms with Gasteiger partial charge < -0.3 is 20.4 Å². The smallest absolute Gasteiger partial charge is 0.319 e. The molecule has 1 aliphatic rings. The molecule has 3 amide bonds. The SMILES string of the molecule is C[C@H](NC(=O)Nc1ccc(Cl)cc1)C(=O)N1CCN(c2ccccc2)CC1. The highest BCUT2D eigenvalue weighted by Crippen LogP contribution is 2.16. The molecule has 0 unspecified atom stereocenters. The van der Waals surface area contributed by atoms with Crippen molar-refractivity contribution >= 4 is 34.9 Å². The van der Waals surface area contributed by atoms with Gasteiger partial charge in [-0.25, -0.2) is 4.79 Å². The Hall–Kier alpha value is -2.73. The number of urea groups is 1. The van der Waals surface area contributed by atoms with Crippen LogP contribution in [0.5, 0.6) is 0 Å². The molecule has 0 bridgehead atoms. The Labute approximate surface area is 164 Å². The highest BCUT2D eigenvalue weighted by atomic mass is 35.5. The second-order valence-corrected chi connectivity index (χ2v) is 6.91. The number of piperazine rings is 1. The van der Waals surface area contributed by atoms with E-state index in [-0.39, 0.29) is 5.91 Å². The number of benzene rings is 2. The van der Waals surface area contributed by atoms with Gasteiger partial charge >= 0.3 is 6.03 Å². The number of nitrogens with zero attached hydrogens (tertiary/aromatic N) is 2. The van der Waals surface area contributed by atoms with Crippen LogP contribution in [0.15, 0.2) is 54.6 Å². The van der Waals surface area contributed by atoms with Crippen molar-refractivity contribution in [3.63, 3.8) is 0 Å². The van der Waals surface area contributed by atoms with E-state index in [9.17, 15) is 9.59 Å². The van der Waals surface area contributed by atoms with E-state index >= 15 is 0 Å². The summed E-state index contributed by atoms with van der Waals surface area (Å²) in [5.74, 6) is -0.0750. The quantitative estimate of drug-likeness (QED) is 0.848. The van der Waals surface area contributed by atoms with E-state index in [1.54, 1.807) is 36.1 Å². The first-order chi connectivity index (χ1) is 13.0. The van der Waals surface area contributed by atoms with Crippen LogP contribution in [-0.2, 0) is 4.79 Å². The van der Waals surface area contributed by atoms with Crippen LogP contribution in [-0.4, -0.2) is 49.1 Å². The number of halogens is 1. The largest absolute Gasteiger partial charge is 0.368 e. The third-order valence-electron chi connectivity index (χ3n) is 4.53. The summed E-state index contributed by atoms with van der Waals surface area (Å²) >= 11 is 5.83. The zero-order valence-electron chi connectivity index (χ0n) is 15.2. The predicted molar refractivity (Wildman–Crippen MR) is 108 cm³/mol. The third kappa shape index (κ3) is 5.14. The fourth-order valence-corrected chi connectivity index (χ4v) is 3.18. The summed E-state index contributed by atoms with van der Waals surface area (Å²) in [6.45, 7) is 4.53. The molecule has 1 heterocycles. The van der Waals surface area contributed by atoms with E-state index < -0.39 is 12.1 Å². The van der Waals surface area contributed by atoms with Crippen molar-refractivity contribution in [2.24, 2.45) is 0 Å². The Kier molecular flexibility index (Phi) is 6.19. The lowest BCUT2D eigenvalue weighted by atomic mass is 10.2. The number of hydrogen-bond acceptors (Lipinski definition) is 3. The molecular weight excluding hydrogens is 364 g/mol. The van der Waals surface area contributed by atoms with Crippen molar-refractivity contribution in [2.75, 3.05) is 36.4 Å². The van der Waals surface area contributed by atoms with E-state index in [1.165, 1.54) is 0 Å². The van der Waals surface area contributed by atoms with E-state index in [4.69, 9.17) is 11.6 Å². The number of hydrogen-bond donors (Lipinski definition) is 2. The first kappa shape index (κ1) is 19.0. The zero-order chi connectivity index (χ0) is 19.2. The lowest BCUT2D eigenvalue weighted by molar-refractivity contribution is -0.133. The van der Waals surface area contributed by atoms with Gasteiger partial charge in [0, 0.05) is 42.6 Å². The second-order valence-electron chi connectivity index (χ2n) is 6.47. The number of amides is 3. The van der Waals surface area contributed by atoms with Crippen LogP contribution in [0, 0.1) is 0 Å². The van der Waals surface area contributed by atoms with Gasteiger partial charge in [-0.05, 0) is 43.3 Å². The molecule has 142 valence electrons. The monoisotopic (exact) mass is 386 g/mol. The molecule has 1 atom stereocenters. The molecule has 7 heteroatoms. The van der Waals surface area contributed by atoms with Crippen molar-refractivity contribution in [3.05, 3.63) is 59.6 Å². The van der Waals surface area contributed by atoms with Crippen molar-refractivity contribution in [3.8, 4) is 0 Å². The first-order valence-corrected chi connectivity index (χ1v) is 9.32. The van der Waals surface area contributed by atoms with E-state index in [0.717, 1.165) is 18.8 Å². The normalized spacial score (nSPS) is 15.2. The third-order valence-corrected chi connectivity index (χ3v) is 4.78. The maximum atomic E-state index is 12.6. The van der Waals surface area contributed by atoms with Gasteiger partial charge in [-0.2, -0.15) is 0 Å². The Balaban J connectivity index is 1.47. The molecule has 0 aromatic heterocycles. The summed E-state index contributed by atoms with van der Waals surface area (Å²) < 4.78 is 0. The molecule has 27 heavy (non-hydrogen) atoms. The van der Waals surface area contributed by atoms with Crippen molar-refractivity contribution < 1.29 is 9.59 Å². The van der Waals surface area contributed by atoms with Gasteiger partial charge in [-0.15, -0.1) is 0 Å². The highest BCUT2D eigenvalue weighted by Gasteiger charge is 2.25. The Morgan fingerprint density at radius 2 is 1.59 bits per heavy atom. The maximum absolute atomic E-state index is 12.6. The molecule has 0 saturated carbocycles. The minimum Gasteiger partial charge on any atom is -0.368 e. The standard InChI is InChI=1S/C20H23ClN4O2/c1-15(22-20(27)23-17-9-7-16(21)8-10-17)19(26)25-13-11-24(12-14-25)18-5-3-2-4-6-18/h2-10,15H,11-14H2,1H3,(H2,22,23,27)/t15-/m0/s1. The van der Waals surface area contributed by atoms with Gasteiger partial charge in [0.2, 0.25) is 5.91 Å². The van der Waals surface area contributed by atoms with Crippen LogP contribution >= 0.6 is 11.6 Å². The van der Waals surface area contributed by atoms with Crippen molar-refractivity contribution in [2.45, 2.75) is 13.0 Å². The maximum Gasteiger partial charge on any atom is 0.319 e. The van der Waals surface area contributed by atoms with Crippen LogP contribution in [0.25, 0.3) is 0 Å². The summed E-state index contributed by atoms with van der Waals surface area (Å²) in [4.78, 5) is 28.8. The molecule has 0 radical (unpaired) electrons. The zero-order valence-corrected chi connectivity index (χ0v) is 15.9. The lowest BCUT2D eigenvalue weighted by Crippen LogP contribution is -2.54. The summed E-state index contributed by atoms with van der Waals surface area (Å²) in [5, 5.41) is 5.99. The van der Waals surface area contributed by atoms with E-state index in [0.29, 0.717) is 23.8 Å². The lowest BCUT2D eigenvalue weighted by Gasteiger charge is -2.37. The molecule has 3 rings (SSSR count). The molecule has 2 aromatic carbocycles. The number of rotatable bonds is 4. The van der Waals surface area contributed by atoms with E-state index in [1.807, 2.05) is 18.2 Å². The predicted octanol–water partition coefficient (Wildman–Crippen LogP) is 3.20. The minimum absolute atomic E-state index is 0.0750. The van der Waals surface area contributed by atoms with Gasteiger partial charge in [0.15, 0.2) is 0 Å². The van der Waals surface area contributed by atoms with Gasteiger partial charge in [0.05, 0.1) is 0 Å². The summed E-state index contributed by atoms with van der Waals surface area (Å²) in [7, 11) is 0. The molecular formula is C20H23ClN4O2. The van der Waals surface area contributed by atoms with Crippen molar-refractivity contribution in [1.29, 1.82) is 0 Å². The van der Waals surface area contributed by atoms with Gasteiger partial charge in [0.1, 0.15) is 6.04 Å². The van der Waals surface area contributed by atoms with Gasteiger partial charge in [0.25, 0.3) is 0 Å². The Morgan fingerprint density at radius 3 is 2.22 bits per heavy atom. The molecule has 0 aliphatic carbocycles. The number of anilines is 2. The molecule has 1 saturated heterocycles. The summed E-state index contributed by atoms with van der Waals surface area (Å²) in [6, 6.07) is 15.9. The highest BCUT2D eigenvalue weighted by molar-refractivity contribution is 6.30. The molecule has 0 spiro atoms. The average Bonchev–Trinajstić information content (AvgIpc) is 2.70. The number of carbonyl (C=O) groups is 2. The van der Waals surface area contributed by atoms with Crippen molar-refractivity contribution in [1.82, 2.24) is 10.2 Å². The molecule has 2 N–H and O–H groups in total. The van der Waals surface area contributed by atoms with Crippen LogP contribution in [0.2, 0.25) is 5.02 Å². The minimum atomic E-state index is -0.597. The van der Waals surface area contributed by atoms with Crippen LogP contribution in [0.3, 0.4) is 0 Å². The fourth-order valence-electron chi connectivity index (χ4n) is 3.06. The molecule has 6 nitrogen and oxygen atoms in total.